The van der Waals surface area contributed by atoms with Crippen LogP contribution in [-0.2, 0) is 6.42 Å². The average Bonchev–Trinajstić information content (AvgIpc) is 2.77. The summed E-state index contributed by atoms with van der Waals surface area (Å²) in [5.74, 6) is 0.781. The van der Waals surface area contributed by atoms with E-state index < -0.39 is 0 Å². The first-order chi connectivity index (χ1) is 15.0. The number of benzene rings is 2. The Kier molecular flexibility index (Phi) is 10.2. The fourth-order valence-electron chi connectivity index (χ4n) is 3.53. The van der Waals surface area contributed by atoms with Gasteiger partial charge in [-0.3, -0.25) is 4.90 Å². The van der Waals surface area contributed by atoms with Gasteiger partial charge in [0.25, 0.3) is 0 Å². The second kappa shape index (κ2) is 12.8. The largest absolute Gasteiger partial charge is 0.491 e. The maximum absolute atomic E-state index is 13.0. The molecule has 2 rings (SSSR count). The van der Waals surface area contributed by atoms with E-state index in [4.69, 9.17) is 4.74 Å². The molecular weight excluding hydrogens is 384 g/mol. The van der Waals surface area contributed by atoms with Crippen LogP contribution in [-0.4, -0.2) is 26.2 Å². The van der Waals surface area contributed by atoms with Crippen LogP contribution in [0, 0.1) is 0 Å². The van der Waals surface area contributed by atoms with Crippen LogP contribution in [0.15, 0.2) is 54.6 Å². The van der Waals surface area contributed by atoms with E-state index in [0.717, 1.165) is 72.2 Å². The van der Waals surface area contributed by atoms with E-state index in [1.54, 1.807) is 4.90 Å². The van der Waals surface area contributed by atoms with Crippen molar-refractivity contribution >= 4 is 11.7 Å². The van der Waals surface area contributed by atoms with E-state index in [0.29, 0.717) is 13.2 Å². The lowest BCUT2D eigenvalue weighted by Gasteiger charge is -2.26. The molecule has 4 heteroatoms. The lowest BCUT2D eigenvalue weighted by molar-refractivity contribution is 0.246. The molecule has 0 unspecified atom stereocenters. The highest BCUT2D eigenvalue weighted by atomic mass is 16.5. The first kappa shape index (κ1) is 24.5. The van der Waals surface area contributed by atoms with Crippen molar-refractivity contribution in [2.45, 2.75) is 59.3 Å². The Balaban J connectivity index is 2.51. The Bertz CT molecular complexity index is 846. The normalized spacial score (nSPS) is 10.6. The molecule has 0 aliphatic carbocycles. The topological polar surface area (TPSA) is 41.6 Å². The third kappa shape index (κ3) is 7.16. The van der Waals surface area contributed by atoms with Gasteiger partial charge in [-0.15, -0.1) is 0 Å². The molecule has 1 N–H and O–H groups in total. The first-order valence-corrected chi connectivity index (χ1v) is 11.5. The van der Waals surface area contributed by atoms with Gasteiger partial charge in [0, 0.05) is 24.7 Å². The van der Waals surface area contributed by atoms with E-state index in [9.17, 15) is 4.79 Å². The molecule has 0 aromatic heterocycles. The van der Waals surface area contributed by atoms with Crippen molar-refractivity contribution in [3.05, 3.63) is 60.2 Å². The third-order valence-electron chi connectivity index (χ3n) is 5.23. The van der Waals surface area contributed by atoms with E-state index in [-0.39, 0.29) is 6.03 Å². The zero-order valence-corrected chi connectivity index (χ0v) is 19.7. The van der Waals surface area contributed by atoms with Gasteiger partial charge in [0.2, 0.25) is 0 Å². The number of hydrogen-bond donors (Lipinski definition) is 1. The van der Waals surface area contributed by atoms with E-state index in [1.165, 1.54) is 0 Å². The molecule has 4 nitrogen and oxygen atoms in total. The number of anilines is 1. The van der Waals surface area contributed by atoms with E-state index in [1.807, 2.05) is 32.2 Å². The minimum Gasteiger partial charge on any atom is -0.491 e. The molecule has 168 valence electrons. The Hall–Kier alpha value is -2.75. The maximum atomic E-state index is 13.0. The second-order valence-electron chi connectivity index (χ2n) is 8.15. The van der Waals surface area contributed by atoms with Gasteiger partial charge in [-0.25, -0.2) is 4.79 Å². The zero-order valence-electron chi connectivity index (χ0n) is 19.7. The summed E-state index contributed by atoms with van der Waals surface area (Å²) in [5.41, 5.74) is 4.98. The molecule has 0 atom stereocenters. The van der Waals surface area contributed by atoms with Crippen molar-refractivity contribution in [1.82, 2.24) is 5.32 Å². The predicted octanol–water partition coefficient (Wildman–Crippen LogP) is 6.99. The summed E-state index contributed by atoms with van der Waals surface area (Å²) in [5, 5.41) is 3.06. The third-order valence-corrected chi connectivity index (χ3v) is 5.23. The lowest BCUT2D eigenvalue weighted by Crippen LogP contribution is -2.38. The van der Waals surface area contributed by atoms with Crippen molar-refractivity contribution in [1.29, 1.82) is 0 Å². The van der Waals surface area contributed by atoms with Gasteiger partial charge < -0.3 is 10.1 Å². The van der Waals surface area contributed by atoms with Gasteiger partial charge in [-0.1, -0.05) is 87.7 Å². The molecule has 0 bridgehead atoms. The van der Waals surface area contributed by atoms with E-state index >= 15 is 0 Å². The van der Waals surface area contributed by atoms with Crippen molar-refractivity contribution in [3.63, 3.8) is 0 Å². The number of amides is 2. The number of rotatable bonds is 12. The molecule has 2 amide bonds. The maximum Gasteiger partial charge on any atom is 0.321 e. The molecular formula is C27H38N2O2. The molecule has 0 aliphatic heterocycles. The second-order valence-corrected chi connectivity index (χ2v) is 8.15. The van der Waals surface area contributed by atoms with Crippen molar-refractivity contribution in [2.24, 2.45) is 0 Å². The van der Waals surface area contributed by atoms with Crippen LogP contribution in [0.1, 0.15) is 58.4 Å². The molecule has 0 spiro atoms. The molecule has 0 saturated heterocycles. The van der Waals surface area contributed by atoms with Crippen LogP contribution >= 0.6 is 0 Å². The van der Waals surface area contributed by atoms with Crippen molar-refractivity contribution in [3.8, 4) is 16.9 Å². The standard InChI is InChI=1S/C27H38N2O2/c1-6-8-13-18-28-27(30)29(5)25-24(22-14-11-10-12-15-22)17-16-23(20-21(3)4)26(25)31-19-9-7-2/h10-12,14-17H,3,6-9,13,18-20H2,1-2,4-5H3,(H,28,30). The fraction of sp³-hybridized carbons (Fsp3) is 0.444. The molecule has 2 aromatic rings. The number of allylic oxidation sites excluding steroid dienone is 1. The summed E-state index contributed by atoms with van der Waals surface area (Å²) in [6.45, 7) is 11.7. The minimum atomic E-state index is -0.110. The molecule has 2 aromatic carbocycles. The molecule has 0 aliphatic rings. The predicted molar refractivity (Wildman–Crippen MR) is 132 cm³/mol. The number of hydrogen-bond acceptors (Lipinski definition) is 2. The van der Waals surface area contributed by atoms with E-state index in [2.05, 4.69) is 50.0 Å². The zero-order chi connectivity index (χ0) is 22.6. The molecule has 0 fully saturated rings. The molecule has 0 saturated carbocycles. The fourth-order valence-corrected chi connectivity index (χ4v) is 3.53. The minimum absolute atomic E-state index is 0.110. The average molecular weight is 423 g/mol. The lowest BCUT2D eigenvalue weighted by atomic mass is 9.97. The summed E-state index contributed by atoms with van der Waals surface area (Å²) in [6.07, 6.45) is 5.96. The summed E-state index contributed by atoms with van der Waals surface area (Å²) in [6, 6.07) is 14.3. The first-order valence-electron chi connectivity index (χ1n) is 11.5. The number of carbonyl (C=O) groups excluding carboxylic acids is 1. The number of ether oxygens (including phenoxy) is 1. The highest BCUT2D eigenvalue weighted by Gasteiger charge is 2.23. The number of nitrogens with zero attached hydrogens (tertiary/aromatic N) is 1. The monoisotopic (exact) mass is 422 g/mol. The van der Waals surface area contributed by atoms with Crippen LogP contribution in [0.4, 0.5) is 10.5 Å². The summed E-state index contributed by atoms with van der Waals surface area (Å²) < 4.78 is 6.32. The Morgan fingerprint density at radius 2 is 1.74 bits per heavy atom. The Morgan fingerprint density at radius 3 is 2.39 bits per heavy atom. The highest BCUT2D eigenvalue weighted by Crippen LogP contribution is 2.42. The number of unbranched alkanes of at least 4 members (excludes halogenated alkanes) is 3. The Morgan fingerprint density at radius 1 is 1.03 bits per heavy atom. The summed E-state index contributed by atoms with van der Waals surface area (Å²) in [7, 11) is 1.83. The van der Waals surface area contributed by atoms with Gasteiger partial charge in [-0.2, -0.15) is 0 Å². The van der Waals surface area contributed by atoms with Crippen molar-refractivity contribution in [2.75, 3.05) is 25.1 Å². The van der Waals surface area contributed by atoms with Crippen LogP contribution in [0.2, 0.25) is 0 Å². The number of urea groups is 1. The Labute approximate surface area is 188 Å². The SMILES string of the molecule is C=C(C)Cc1ccc(-c2ccccc2)c(N(C)C(=O)NCCCCC)c1OCCCC. The number of carbonyl (C=O) groups is 1. The van der Waals surface area contributed by atoms with Gasteiger partial charge in [0.1, 0.15) is 5.75 Å². The number of nitrogens with one attached hydrogen (secondary N) is 1. The van der Waals surface area contributed by atoms with Gasteiger partial charge >= 0.3 is 6.03 Å². The molecule has 0 heterocycles. The highest BCUT2D eigenvalue weighted by molar-refractivity contribution is 5.99. The molecule has 0 radical (unpaired) electrons. The van der Waals surface area contributed by atoms with Gasteiger partial charge in [0.15, 0.2) is 0 Å². The summed E-state index contributed by atoms with van der Waals surface area (Å²) >= 11 is 0. The van der Waals surface area contributed by atoms with Crippen LogP contribution < -0.4 is 15.0 Å². The van der Waals surface area contributed by atoms with Crippen LogP contribution in [0.3, 0.4) is 0 Å². The van der Waals surface area contributed by atoms with Crippen LogP contribution in [0.25, 0.3) is 11.1 Å². The quantitative estimate of drug-likeness (QED) is 0.296. The van der Waals surface area contributed by atoms with Crippen molar-refractivity contribution < 1.29 is 9.53 Å². The van der Waals surface area contributed by atoms with Gasteiger partial charge in [0.05, 0.1) is 12.3 Å². The smallest absolute Gasteiger partial charge is 0.321 e. The van der Waals surface area contributed by atoms with Gasteiger partial charge in [-0.05, 0) is 31.7 Å². The molecule has 31 heavy (non-hydrogen) atoms. The summed E-state index contributed by atoms with van der Waals surface area (Å²) in [4.78, 5) is 14.8. The van der Waals surface area contributed by atoms with Crippen LogP contribution in [0.5, 0.6) is 5.75 Å².